The molecule has 0 radical (unpaired) electrons. The third-order valence-corrected chi connectivity index (χ3v) is 8.51. The van der Waals surface area contributed by atoms with Crippen LogP contribution in [0.5, 0.6) is 0 Å². The first kappa shape index (κ1) is 41.1. The van der Waals surface area contributed by atoms with E-state index in [9.17, 15) is 19.2 Å². The highest BCUT2D eigenvalue weighted by molar-refractivity contribution is 5.94. The first-order valence-electron chi connectivity index (χ1n) is 18.2. The highest BCUT2D eigenvalue weighted by atomic mass is 16.6. The maximum Gasteiger partial charge on any atom is 0.417 e. The van der Waals surface area contributed by atoms with Gasteiger partial charge >= 0.3 is 18.2 Å². The van der Waals surface area contributed by atoms with Gasteiger partial charge < -0.3 is 19.9 Å². The zero-order chi connectivity index (χ0) is 39.5. The van der Waals surface area contributed by atoms with Crippen molar-refractivity contribution in [3.05, 3.63) is 132 Å². The largest absolute Gasteiger partial charge is 0.478 e. The lowest BCUT2D eigenvalue weighted by Gasteiger charge is -2.27. The maximum atomic E-state index is 12.4. The van der Waals surface area contributed by atoms with E-state index in [0.29, 0.717) is 25.7 Å². The molecule has 9 heteroatoms. The van der Waals surface area contributed by atoms with E-state index in [4.69, 9.17) is 14.6 Å². The first-order valence-corrected chi connectivity index (χ1v) is 18.2. The maximum absolute atomic E-state index is 12.4. The van der Waals surface area contributed by atoms with Crippen LogP contribution in [0.2, 0.25) is 0 Å². The van der Waals surface area contributed by atoms with E-state index in [1.807, 2.05) is 93.6 Å². The summed E-state index contributed by atoms with van der Waals surface area (Å²) in [6.45, 7) is 14.3. The van der Waals surface area contributed by atoms with Gasteiger partial charge in [0.25, 0.3) is 0 Å². The number of imide groups is 1. The summed E-state index contributed by atoms with van der Waals surface area (Å²) in [6, 6.07) is 36.0. The van der Waals surface area contributed by atoms with Crippen molar-refractivity contribution in [1.29, 1.82) is 0 Å². The topological polar surface area (TPSA) is 122 Å². The second kappa shape index (κ2) is 18.4. The Morgan fingerprint density at radius 1 is 0.741 bits per heavy atom. The molecule has 0 aliphatic carbocycles. The molecule has 0 saturated carbocycles. The Morgan fingerprint density at radius 2 is 1.20 bits per heavy atom. The van der Waals surface area contributed by atoms with Gasteiger partial charge in [0.1, 0.15) is 11.2 Å². The number of likely N-dealkylation sites (tertiary alicyclic amines) is 1. The number of carboxylic acid groups (broad SMARTS) is 1. The van der Waals surface area contributed by atoms with Gasteiger partial charge in [0.15, 0.2) is 0 Å². The lowest BCUT2D eigenvalue weighted by Crippen LogP contribution is -2.43. The van der Waals surface area contributed by atoms with E-state index in [1.165, 1.54) is 10.5 Å². The molecule has 3 amide bonds. The standard InChI is InChI=1S/C23H27NO4.C22H25NO3/c1-16(21(25)26)14-20(24-22(27)28-23(2,3)4)15-17-10-12-19(13-11-17)18-8-6-5-7-9-18;1-22(2,3)26-21(25)23-19(13-14-20(23)24)15-16-9-11-18(12-10-16)17-7-5-4-6-8-17/h5-13,20H,1,14-15H2,2-4H3,(H,24,27)(H,25,26);4-12,19H,13-15H2,1-3H3/t;19-/m.0/s1. The van der Waals surface area contributed by atoms with Crippen molar-refractivity contribution in [2.45, 2.75) is 96.9 Å². The van der Waals surface area contributed by atoms with Gasteiger partial charge in [-0.05, 0) is 101 Å². The molecule has 284 valence electrons. The van der Waals surface area contributed by atoms with Crippen LogP contribution in [-0.2, 0) is 31.9 Å². The van der Waals surface area contributed by atoms with Crippen molar-refractivity contribution in [3.63, 3.8) is 0 Å². The molecule has 9 nitrogen and oxygen atoms in total. The zero-order valence-corrected chi connectivity index (χ0v) is 32.1. The Morgan fingerprint density at radius 3 is 1.67 bits per heavy atom. The number of nitrogens with zero attached hydrogens (tertiary/aromatic N) is 1. The molecule has 0 bridgehead atoms. The molecule has 0 aromatic heterocycles. The Bertz CT molecular complexity index is 1880. The second-order valence-corrected chi connectivity index (χ2v) is 15.4. The van der Waals surface area contributed by atoms with E-state index in [0.717, 1.165) is 27.8 Å². The number of ether oxygens (including phenoxy) is 2. The number of aliphatic carboxylic acids is 1. The van der Waals surface area contributed by atoms with Crippen LogP contribution in [0.4, 0.5) is 9.59 Å². The van der Waals surface area contributed by atoms with Crippen LogP contribution in [0, 0.1) is 0 Å². The third kappa shape index (κ3) is 13.1. The molecule has 5 rings (SSSR count). The van der Waals surface area contributed by atoms with E-state index in [2.05, 4.69) is 48.3 Å². The van der Waals surface area contributed by atoms with E-state index in [1.54, 1.807) is 20.8 Å². The van der Waals surface area contributed by atoms with E-state index in [-0.39, 0.29) is 23.9 Å². The van der Waals surface area contributed by atoms with Gasteiger partial charge in [-0.15, -0.1) is 0 Å². The molecule has 1 aliphatic rings. The van der Waals surface area contributed by atoms with Crippen molar-refractivity contribution < 1.29 is 33.8 Å². The number of alkyl carbamates (subject to hydrolysis) is 1. The van der Waals surface area contributed by atoms with Crippen LogP contribution in [-0.4, -0.2) is 57.4 Å². The molecule has 4 aromatic rings. The van der Waals surface area contributed by atoms with Crippen LogP contribution >= 0.6 is 0 Å². The summed E-state index contributed by atoms with van der Waals surface area (Å²) in [6.07, 6.45) is 1.22. The molecule has 54 heavy (non-hydrogen) atoms. The van der Waals surface area contributed by atoms with Crippen molar-refractivity contribution in [2.24, 2.45) is 0 Å². The average molecular weight is 733 g/mol. The monoisotopic (exact) mass is 732 g/mol. The number of carboxylic acids is 1. The van der Waals surface area contributed by atoms with Gasteiger partial charge in [-0.25, -0.2) is 19.3 Å². The summed E-state index contributed by atoms with van der Waals surface area (Å²) in [5.41, 5.74) is 5.44. The van der Waals surface area contributed by atoms with Crippen LogP contribution < -0.4 is 5.32 Å². The fourth-order valence-electron chi connectivity index (χ4n) is 6.02. The van der Waals surface area contributed by atoms with Gasteiger partial charge in [0.05, 0.1) is 0 Å². The second-order valence-electron chi connectivity index (χ2n) is 15.4. The third-order valence-electron chi connectivity index (χ3n) is 8.51. The summed E-state index contributed by atoms with van der Waals surface area (Å²) in [4.78, 5) is 49.2. The summed E-state index contributed by atoms with van der Waals surface area (Å²) in [5, 5.41) is 11.9. The van der Waals surface area contributed by atoms with Crippen molar-refractivity contribution in [1.82, 2.24) is 10.2 Å². The number of nitrogens with one attached hydrogen (secondary N) is 1. The first-order chi connectivity index (χ1) is 25.5. The Labute approximate surface area is 319 Å². The molecule has 1 saturated heterocycles. The van der Waals surface area contributed by atoms with Crippen LogP contribution in [0.15, 0.2) is 121 Å². The molecule has 2 atom stereocenters. The minimum absolute atomic E-state index is 0.0435. The van der Waals surface area contributed by atoms with Gasteiger partial charge in [0.2, 0.25) is 5.91 Å². The highest BCUT2D eigenvalue weighted by Crippen LogP contribution is 2.27. The fraction of sp³-hybridized carbons (Fsp3) is 0.333. The van der Waals surface area contributed by atoms with E-state index < -0.39 is 35.4 Å². The summed E-state index contributed by atoms with van der Waals surface area (Å²) in [5.74, 6) is -1.22. The van der Waals surface area contributed by atoms with E-state index >= 15 is 0 Å². The molecule has 4 aromatic carbocycles. The number of carbonyl (C=O) groups is 4. The number of benzene rings is 4. The lowest BCUT2D eigenvalue weighted by molar-refractivity contribution is -0.133. The summed E-state index contributed by atoms with van der Waals surface area (Å²) in [7, 11) is 0. The molecule has 1 aliphatic heterocycles. The number of amides is 3. The Hall–Kier alpha value is -5.70. The molecule has 1 unspecified atom stereocenters. The average Bonchev–Trinajstić information content (AvgIpc) is 3.47. The number of hydrogen-bond donors (Lipinski definition) is 2. The van der Waals surface area contributed by atoms with Gasteiger partial charge in [-0.2, -0.15) is 0 Å². The molecule has 2 N–H and O–H groups in total. The molecular weight excluding hydrogens is 681 g/mol. The predicted octanol–water partition coefficient (Wildman–Crippen LogP) is 9.64. The predicted molar refractivity (Wildman–Crippen MR) is 212 cm³/mol. The summed E-state index contributed by atoms with van der Waals surface area (Å²) >= 11 is 0. The quantitative estimate of drug-likeness (QED) is 0.156. The molecule has 0 spiro atoms. The Balaban J connectivity index is 0.000000241. The van der Waals surface area contributed by atoms with Gasteiger partial charge in [0, 0.05) is 24.1 Å². The molecular formula is C45H52N2O7. The number of carbonyl (C=O) groups excluding carboxylic acids is 3. The number of hydrogen-bond acceptors (Lipinski definition) is 6. The molecule has 1 heterocycles. The SMILES string of the molecule is C=C(CC(Cc1ccc(-c2ccccc2)cc1)NC(=O)OC(C)(C)C)C(=O)O.CC(C)(C)OC(=O)N1C(=O)CC[C@H]1Cc1ccc(-c2ccccc2)cc1. The highest BCUT2D eigenvalue weighted by Gasteiger charge is 2.38. The lowest BCUT2D eigenvalue weighted by atomic mass is 9.97. The van der Waals surface area contributed by atoms with Crippen LogP contribution in [0.3, 0.4) is 0 Å². The van der Waals surface area contributed by atoms with Crippen molar-refractivity contribution in [3.8, 4) is 22.3 Å². The van der Waals surface area contributed by atoms with Crippen molar-refractivity contribution >= 4 is 24.1 Å². The normalized spacial score (nSPS) is 14.7. The summed E-state index contributed by atoms with van der Waals surface area (Å²) < 4.78 is 10.7. The smallest absolute Gasteiger partial charge is 0.417 e. The fourth-order valence-corrected chi connectivity index (χ4v) is 6.02. The van der Waals surface area contributed by atoms with Crippen LogP contribution in [0.25, 0.3) is 22.3 Å². The minimum atomic E-state index is -1.07. The molecule has 1 fully saturated rings. The zero-order valence-electron chi connectivity index (χ0n) is 32.1. The number of rotatable bonds is 10. The van der Waals surface area contributed by atoms with Crippen LogP contribution in [0.1, 0.15) is 71.9 Å². The van der Waals surface area contributed by atoms with Gasteiger partial charge in [-0.3, -0.25) is 4.79 Å². The van der Waals surface area contributed by atoms with Gasteiger partial charge in [-0.1, -0.05) is 116 Å². The minimum Gasteiger partial charge on any atom is -0.478 e. The van der Waals surface area contributed by atoms with Crippen molar-refractivity contribution in [2.75, 3.05) is 0 Å². The Kier molecular flexibility index (Phi) is 14.0.